The quantitative estimate of drug-likeness (QED) is 0.652. The highest BCUT2D eigenvalue weighted by Gasteiger charge is 2.07. The maximum absolute atomic E-state index is 12.1. The van der Waals surface area contributed by atoms with Crippen LogP contribution in [-0.4, -0.2) is 22.4 Å². The third-order valence-corrected chi connectivity index (χ3v) is 3.77. The molecule has 1 aromatic heterocycles. The van der Waals surface area contributed by atoms with Gasteiger partial charge in [-0.3, -0.25) is 4.79 Å². The molecule has 0 unspecified atom stereocenters. The van der Waals surface area contributed by atoms with Crippen molar-refractivity contribution < 1.29 is 4.79 Å². The number of carbonyl (C=O) groups is 1. The summed E-state index contributed by atoms with van der Waals surface area (Å²) in [4.78, 5) is 20.5. The molecule has 0 saturated carbocycles. The van der Waals surface area contributed by atoms with Gasteiger partial charge in [-0.05, 0) is 12.0 Å². The fourth-order valence-corrected chi connectivity index (χ4v) is 2.35. The Morgan fingerprint density at radius 2 is 1.79 bits per heavy atom. The van der Waals surface area contributed by atoms with Gasteiger partial charge in [0.1, 0.15) is 11.5 Å². The lowest BCUT2D eigenvalue weighted by molar-refractivity contribution is 0.0945. The van der Waals surface area contributed by atoms with Crippen molar-refractivity contribution in [2.75, 3.05) is 11.9 Å². The lowest BCUT2D eigenvalue weighted by Crippen LogP contribution is -2.24. The first kappa shape index (κ1) is 17.9. The Bertz CT molecular complexity index is 599. The first-order valence-electron chi connectivity index (χ1n) is 8.67. The van der Waals surface area contributed by atoms with E-state index in [0.29, 0.717) is 18.1 Å². The lowest BCUT2D eigenvalue weighted by Gasteiger charge is -2.07. The number of hydrogen-bond donors (Lipinski definition) is 2. The molecule has 5 nitrogen and oxygen atoms in total. The van der Waals surface area contributed by atoms with Crippen molar-refractivity contribution in [3.63, 3.8) is 0 Å². The van der Waals surface area contributed by atoms with E-state index in [2.05, 4.69) is 27.5 Å². The van der Waals surface area contributed by atoms with E-state index in [1.54, 1.807) is 6.20 Å². The second-order valence-corrected chi connectivity index (χ2v) is 5.80. The summed E-state index contributed by atoms with van der Waals surface area (Å²) in [5.74, 6) is 0.502. The number of anilines is 1. The van der Waals surface area contributed by atoms with Gasteiger partial charge in [0.05, 0.1) is 12.4 Å². The third-order valence-electron chi connectivity index (χ3n) is 3.77. The molecule has 1 heterocycles. The van der Waals surface area contributed by atoms with E-state index in [4.69, 9.17) is 0 Å². The monoisotopic (exact) mass is 326 g/mol. The van der Waals surface area contributed by atoms with Crippen molar-refractivity contribution in [3.05, 3.63) is 54.0 Å². The lowest BCUT2D eigenvalue weighted by atomic mass is 10.1. The van der Waals surface area contributed by atoms with E-state index in [1.165, 1.54) is 31.9 Å². The molecule has 5 heteroatoms. The predicted molar refractivity (Wildman–Crippen MR) is 96.9 cm³/mol. The van der Waals surface area contributed by atoms with Gasteiger partial charge in [-0.2, -0.15) is 0 Å². The predicted octanol–water partition coefficient (Wildman–Crippen LogP) is 3.79. The molecule has 0 spiro atoms. The van der Waals surface area contributed by atoms with Gasteiger partial charge in [-0.1, -0.05) is 62.9 Å². The van der Waals surface area contributed by atoms with E-state index in [1.807, 2.05) is 30.3 Å². The van der Waals surface area contributed by atoms with Crippen LogP contribution in [0.3, 0.4) is 0 Å². The number of hydrogen-bond acceptors (Lipinski definition) is 4. The van der Waals surface area contributed by atoms with Crippen LogP contribution in [0.5, 0.6) is 0 Å². The fourth-order valence-electron chi connectivity index (χ4n) is 2.35. The van der Waals surface area contributed by atoms with Crippen molar-refractivity contribution in [2.24, 2.45) is 0 Å². The maximum Gasteiger partial charge on any atom is 0.271 e. The summed E-state index contributed by atoms with van der Waals surface area (Å²) >= 11 is 0. The van der Waals surface area contributed by atoms with Crippen LogP contribution < -0.4 is 10.6 Å². The standard InChI is InChI=1S/C19H26N4O/c1-2-3-4-5-9-12-20-18-15-21-17(14-22-18)19(24)23-13-16-10-7-6-8-11-16/h6-8,10-11,14-15H,2-5,9,12-13H2,1H3,(H,20,22)(H,23,24). The van der Waals surface area contributed by atoms with Gasteiger partial charge in [-0.15, -0.1) is 0 Å². The molecular weight excluding hydrogens is 300 g/mol. The van der Waals surface area contributed by atoms with E-state index in [0.717, 1.165) is 18.5 Å². The molecule has 0 bridgehead atoms. The highest BCUT2D eigenvalue weighted by atomic mass is 16.1. The molecule has 1 aromatic carbocycles. The molecular formula is C19H26N4O. The van der Waals surface area contributed by atoms with Gasteiger partial charge in [0.15, 0.2) is 0 Å². The molecule has 128 valence electrons. The molecule has 0 aliphatic rings. The summed E-state index contributed by atoms with van der Waals surface area (Å²) in [6.45, 7) is 3.59. The van der Waals surface area contributed by atoms with Crippen LogP contribution >= 0.6 is 0 Å². The molecule has 2 aromatic rings. The van der Waals surface area contributed by atoms with Gasteiger partial charge >= 0.3 is 0 Å². The van der Waals surface area contributed by atoms with E-state index >= 15 is 0 Å². The topological polar surface area (TPSA) is 66.9 Å². The Hall–Kier alpha value is -2.43. The molecule has 24 heavy (non-hydrogen) atoms. The summed E-state index contributed by atoms with van der Waals surface area (Å²) in [6, 6.07) is 9.79. The molecule has 1 amide bonds. The first-order valence-corrected chi connectivity index (χ1v) is 8.67. The molecule has 0 fully saturated rings. The Balaban J connectivity index is 1.71. The van der Waals surface area contributed by atoms with Crippen molar-refractivity contribution >= 4 is 11.7 Å². The fraction of sp³-hybridized carbons (Fsp3) is 0.421. The average molecular weight is 326 g/mol. The van der Waals surface area contributed by atoms with E-state index in [-0.39, 0.29) is 5.91 Å². The number of nitrogens with zero attached hydrogens (tertiary/aromatic N) is 2. The zero-order chi connectivity index (χ0) is 17.0. The Morgan fingerprint density at radius 3 is 2.50 bits per heavy atom. The SMILES string of the molecule is CCCCCCCNc1cnc(C(=O)NCc2ccccc2)cn1. The average Bonchev–Trinajstić information content (AvgIpc) is 2.64. The second-order valence-electron chi connectivity index (χ2n) is 5.80. The number of amides is 1. The van der Waals surface area contributed by atoms with Crippen LogP contribution in [0.2, 0.25) is 0 Å². The summed E-state index contributed by atoms with van der Waals surface area (Å²) in [7, 11) is 0. The van der Waals surface area contributed by atoms with Crippen molar-refractivity contribution in [2.45, 2.75) is 45.6 Å². The number of benzene rings is 1. The third kappa shape index (κ3) is 6.36. The minimum absolute atomic E-state index is 0.211. The summed E-state index contributed by atoms with van der Waals surface area (Å²) in [5, 5.41) is 6.08. The Morgan fingerprint density at radius 1 is 1.00 bits per heavy atom. The normalized spacial score (nSPS) is 10.4. The second kappa shape index (κ2) is 10.4. The number of nitrogens with one attached hydrogen (secondary N) is 2. The largest absolute Gasteiger partial charge is 0.369 e. The highest BCUT2D eigenvalue weighted by Crippen LogP contribution is 2.05. The first-order chi connectivity index (χ1) is 11.8. The smallest absolute Gasteiger partial charge is 0.271 e. The number of carbonyl (C=O) groups excluding carboxylic acids is 1. The molecule has 2 rings (SSSR count). The zero-order valence-corrected chi connectivity index (χ0v) is 14.3. The van der Waals surface area contributed by atoms with E-state index < -0.39 is 0 Å². The summed E-state index contributed by atoms with van der Waals surface area (Å²) < 4.78 is 0. The highest BCUT2D eigenvalue weighted by molar-refractivity contribution is 5.91. The van der Waals surface area contributed by atoms with Gasteiger partial charge in [0.25, 0.3) is 5.91 Å². The summed E-state index contributed by atoms with van der Waals surface area (Å²) in [5.41, 5.74) is 1.39. The zero-order valence-electron chi connectivity index (χ0n) is 14.3. The van der Waals surface area contributed by atoms with Crippen LogP contribution in [-0.2, 0) is 6.54 Å². The molecule has 0 atom stereocenters. The van der Waals surface area contributed by atoms with Gasteiger partial charge < -0.3 is 10.6 Å². The molecule has 0 aliphatic heterocycles. The Kier molecular flexibility index (Phi) is 7.74. The van der Waals surface area contributed by atoms with E-state index in [9.17, 15) is 4.79 Å². The molecule has 2 N–H and O–H groups in total. The van der Waals surface area contributed by atoms with Gasteiger partial charge in [-0.25, -0.2) is 9.97 Å². The summed E-state index contributed by atoms with van der Waals surface area (Å²) in [6.07, 6.45) is 9.32. The Labute approximate surface area is 143 Å². The van der Waals surface area contributed by atoms with Gasteiger partial charge in [0.2, 0.25) is 0 Å². The van der Waals surface area contributed by atoms with Crippen LogP contribution in [0, 0.1) is 0 Å². The molecule has 0 aliphatic carbocycles. The van der Waals surface area contributed by atoms with Crippen molar-refractivity contribution in [1.29, 1.82) is 0 Å². The minimum Gasteiger partial charge on any atom is -0.369 e. The molecule has 0 radical (unpaired) electrons. The van der Waals surface area contributed by atoms with Crippen LogP contribution in [0.25, 0.3) is 0 Å². The van der Waals surface area contributed by atoms with Crippen LogP contribution in [0.4, 0.5) is 5.82 Å². The number of unbranched alkanes of at least 4 members (excludes halogenated alkanes) is 4. The van der Waals surface area contributed by atoms with Crippen LogP contribution in [0.15, 0.2) is 42.7 Å². The van der Waals surface area contributed by atoms with Gasteiger partial charge in [0, 0.05) is 13.1 Å². The number of aromatic nitrogens is 2. The van der Waals surface area contributed by atoms with Crippen molar-refractivity contribution in [1.82, 2.24) is 15.3 Å². The maximum atomic E-state index is 12.1. The van der Waals surface area contributed by atoms with Crippen molar-refractivity contribution in [3.8, 4) is 0 Å². The van der Waals surface area contributed by atoms with Crippen LogP contribution in [0.1, 0.15) is 55.1 Å². The minimum atomic E-state index is -0.211. The molecule has 0 saturated heterocycles. The number of rotatable bonds is 10.